The van der Waals surface area contributed by atoms with Crippen molar-refractivity contribution in [3.05, 3.63) is 29.3 Å². The predicted molar refractivity (Wildman–Crippen MR) is 62.5 cm³/mol. The Kier molecular flexibility index (Phi) is 5.38. The lowest BCUT2D eigenvalue weighted by Gasteiger charge is -2.08. The second kappa shape index (κ2) is 6.86. The minimum atomic E-state index is 0.637. The molecule has 0 bridgehead atoms. The van der Waals surface area contributed by atoms with Gasteiger partial charge in [0.1, 0.15) is 5.75 Å². The lowest BCUT2D eigenvalue weighted by Crippen LogP contribution is -2.01. The summed E-state index contributed by atoms with van der Waals surface area (Å²) in [6.45, 7) is 3.41. The molecule has 0 aliphatic rings. The van der Waals surface area contributed by atoms with Gasteiger partial charge in [0.15, 0.2) is 0 Å². The smallest absolute Gasteiger partial charge is 0.123 e. The van der Waals surface area contributed by atoms with Crippen molar-refractivity contribution in [3.8, 4) is 11.8 Å². The molecule has 16 heavy (non-hydrogen) atoms. The van der Waals surface area contributed by atoms with Gasteiger partial charge < -0.3 is 9.47 Å². The Morgan fingerprint density at radius 1 is 1.25 bits per heavy atom. The second-order valence-corrected chi connectivity index (χ2v) is 3.64. The molecule has 0 spiro atoms. The lowest BCUT2D eigenvalue weighted by molar-refractivity contribution is 0.184. The van der Waals surface area contributed by atoms with Crippen LogP contribution in [0.5, 0.6) is 5.75 Å². The number of rotatable bonds is 6. The number of nitrogens with zero attached hydrogens (tertiary/aromatic N) is 1. The van der Waals surface area contributed by atoms with Crippen molar-refractivity contribution in [1.29, 1.82) is 5.26 Å². The molecule has 0 radical (unpaired) electrons. The maximum Gasteiger partial charge on any atom is 0.123 e. The predicted octanol–water partition coefficient (Wildman–Crippen LogP) is 2.67. The molecule has 0 fully saturated rings. The van der Waals surface area contributed by atoms with E-state index in [2.05, 4.69) is 6.07 Å². The van der Waals surface area contributed by atoms with Crippen LogP contribution in [0, 0.1) is 18.3 Å². The third kappa shape index (κ3) is 3.92. The molecule has 0 saturated carbocycles. The molecule has 0 saturated heterocycles. The van der Waals surface area contributed by atoms with Crippen molar-refractivity contribution in [1.82, 2.24) is 0 Å². The standard InChI is InChI=1S/C13H17NO2/c1-11-5-6-12(10-14)9-13(11)16-8-4-3-7-15-2/h5-6,9H,3-4,7-8H2,1-2H3. The maximum absolute atomic E-state index is 8.77. The molecule has 86 valence electrons. The van der Waals surface area contributed by atoms with Gasteiger partial charge in [-0.3, -0.25) is 0 Å². The Morgan fingerprint density at radius 3 is 2.69 bits per heavy atom. The first-order chi connectivity index (χ1) is 7.77. The summed E-state index contributed by atoms with van der Waals surface area (Å²) in [5.41, 5.74) is 1.70. The van der Waals surface area contributed by atoms with Crippen LogP contribution in [0.2, 0.25) is 0 Å². The topological polar surface area (TPSA) is 42.2 Å². The molecule has 1 rings (SSSR count). The first-order valence-corrected chi connectivity index (χ1v) is 5.40. The molecular formula is C13H17NO2. The van der Waals surface area contributed by atoms with Gasteiger partial charge >= 0.3 is 0 Å². The SMILES string of the molecule is COCCCCOc1cc(C#N)ccc1C. The summed E-state index contributed by atoms with van der Waals surface area (Å²) in [7, 11) is 1.70. The van der Waals surface area contributed by atoms with Crippen molar-refractivity contribution < 1.29 is 9.47 Å². The molecular weight excluding hydrogens is 202 g/mol. The van der Waals surface area contributed by atoms with E-state index in [0.717, 1.165) is 30.8 Å². The fourth-order valence-corrected chi connectivity index (χ4v) is 1.36. The van der Waals surface area contributed by atoms with Crippen molar-refractivity contribution >= 4 is 0 Å². The van der Waals surface area contributed by atoms with Gasteiger partial charge in [-0.15, -0.1) is 0 Å². The van der Waals surface area contributed by atoms with Crippen LogP contribution < -0.4 is 4.74 Å². The van der Waals surface area contributed by atoms with Gasteiger partial charge in [-0.2, -0.15) is 5.26 Å². The average Bonchev–Trinajstić information content (AvgIpc) is 2.31. The fraction of sp³-hybridized carbons (Fsp3) is 0.462. The number of aryl methyl sites for hydroxylation is 1. The molecule has 0 aromatic heterocycles. The molecule has 0 heterocycles. The Bertz CT molecular complexity index is 369. The number of hydrogen-bond donors (Lipinski definition) is 0. The summed E-state index contributed by atoms with van der Waals surface area (Å²) in [5, 5.41) is 8.77. The van der Waals surface area contributed by atoms with Crippen LogP contribution in [0.4, 0.5) is 0 Å². The van der Waals surface area contributed by atoms with Crippen LogP contribution in [-0.2, 0) is 4.74 Å². The van der Waals surface area contributed by atoms with Gasteiger partial charge in [0.2, 0.25) is 0 Å². The van der Waals surface area contributed by atoms with Gasteiger partial charge in [0.05, 0.1) is 18.2 Å². The van der Waals surface area contributed by atoms with E-state index >= 15 is 0 Å². The minimum absolute atomic E-state index is 0.637. The molecule has 0 atom stereocenters. The van der Waals surface area contributed by atoms with Crippen LogP contribution in [0.3, 0.4) is 0 Å². The van der Waals surface area contributed by atoms with E-state index in [1.165, 1.54) is 0 Å². The lowest BCUT2D eigenvalue weighted by atomic mass is 10.1. The van der Waals surface area contributed by atoms with Crippen LogP contribution in [0.15, 0.2) is 18.2 Å². The fourth-order valence-electron chi connectivity index (χ4n) is 1.36. The third-order valence-corrected chi connectivity index (χ3v) is 2.32. The maximum atomic E-state index is 8.77. The molecule has 3 nitrogen and oxygen atoms in total. The second-order valence-electron chi connectivity index (χ2n) is 3.64. The highest BCUT2D eigenvalue weighted by Crippen LogP contribution is 2.19. The largest absolute Gasteiger partial charge is 0.493 e. The number of benzene rings is 1. The van der Waals surface area contributed by atoms with Crippen LogP contribution in [0.25, 0.3) is 0 Å². The molecule has 0 unspecified atom stereocenters. The van der Waals surface area contributed by atoms with E-state index in [0.29, 0.717) is 12.2 Å². The number of methoxy groups -OCH3 is 1. The summed E-state index contributed by atoms with van der Waals surface area (Å²) >= 11 is 0. The summed E-state index contributed by atoms with van der Waals surface area (Å²) in [5.74, 6) is 0.802. The van der Waals surface area contributed by atoms with Crippen molar-refractivity contribution in [2.24, 2.45) is 0 Å². The average molecular weight is 219 g/mol. The number of nitriles is 1. The number of ether oxygens (including phenoxy) is 2. The number of unbranched alkanes of at least 4 members (excludes halogenated alkanes) is 1. The first-order valence-electron chi connectivity index (χ1n) is 5.40. The van der Waals surface area contributed by atoms with E-state index in [-0.39, 0.29) is 0 Å². The highest BCUT2D eigenvalue weighted by atomic mass is 16.5. The van der Waals surface area contributed by atoms with Crippen molar-refractivity contribution in [2.75, 3.05) is 20.3 Å². The highest BCUT2D eigenvalue weighted by Gasteiger charge is 2.01. The molecule has 0 aliphatic carbocycles. The Labute approximate surface area is 96.6 Å². The van der Waals surface area contributed by atoms with Gasteiger partial charge in [-0.1, -0.05) is 6.07 Å². The van der Waals surface area contributed by atoms with Gasteiger partial charge in [-0.25, -0.2) is 0 Å². The highest BCUT2D eigenvalue weighted by molar-refractivity contribution is 5.41. The summed E-state index contributed by atoms with van der Waals surface area (Å²) in [6.07, 6.45) is 1.96. The van der Waals surface area contributed by atoms with E-state index in [1.807, 2.05) is 13.0 Å². The van der Waals surface area contributed by atoms with Gasteiger partial charge in [0, 0.05) is 13.7 Å². The minimum Gasteiger partial charge on any atom is -0.493 e. The quantitative estimate of drug-likeness (QED) is 0.691. The van der Waals surface area contributed by atoms with E-state index in [9.17, 15) is 0 Å². The van der Waals surface area contributed by atoms with Gasteiger partial charge in [0.25, 0.3) is 0 Å². The van der Waals surface area contributed by atoms with Crippen LogP contribution in [-0.4, -0.2) is 20.3 Å². The molecule has 0 aliphatic heterocycles. The summed E-state index contributed by atoms with van der Waals surface area (Å²) in [6, 6.07) is 7.59. The zero-order valence-electron chi connectivity index (χ0n) is 9.82. The van der Waals surface area contributed by atoms with Gasteiger partial charge in [-0.05, 0) is 37.5 Å². The monoisotopic (exact) mass is 219 g/mol. The van der Waals surface area contributed by atoms with E-state index in [4.69, 9.17) is 14.7 Å². The van der Waals surface area contributed by atoms with E-state index in [1.54, 1.807) is 19.2 Å². The van der Waals surface area contributed by atoms with Crippen molar-refractivity contribution in [3.63, 3.8) is 0 Å². The molecule has 3 heteroatoms. The normalized spacial score (nSPS) is 9.81. The summed E-state index contributed by atoms with van der Waals surface area (Å²) in [4.78, 5) is 0. The van der Waals surface area contributed by atoms with Crippen molar-refractivity contribution in [2.45, 2.75) is 19.8 Å². The molecule has 0 N–H and O–H groups in total. The van der Waals surface area contributed by atoms with Crippen LogP contribution in [0.1, 0.15) is 24.0 Å². The third-order valence-electron chi connectivity index (χ3n) is 2.32. The zero-order chi connectivity index (χ0) is 11.8. The van der Waals surface area contributed by atoms with Crippen LogP contribution >= 0.6 is 0 Å². The molecule has 1 aromatic carbocycles. The number of hydrogen-bond acceptors (Lipinski definition) is 3. The first kappa shape index (κ1) is 12.5. The molecule has 1 aromatic rings. The Morgan fingerprint density at radius 2 is 2.00 bits per heavy atom. The Hall–Kier alpha value is -1.53. The van der Waals surface area contributed by atoms with E-state index < -0.39 is 0 Å². The molecule has 0 amide bonds. The zero-order valence-corrected chi connectivity index (χ0v) is 9.82. The Balaban J connectivity index is 2.44. The summed E-state index contributed by atoms with van der Waals surface area (Å²) < 4.78 is 10.6.